The second kappa shape index (κ2) is 10.3. The summed E-state index contributed by atoms with van der Waals surface area (Å²) in [5, 5.41) is 9.43. The standard InChI is InChI=1S/C23H29ClN4O2/c1-16(2)15-25-22(29)20-8-3-4-9-21(20)28-12-10-18(11-13-28)26-23(30)27-19-7-5-6-17(24)14-19/h3-9,14,16,18H,10-13,15H2,1-2H3,(H,25,29)(H2,26,27,30). The highest BCUT2D eigenvalue weighted by Crippen LogP contribution is 2.24. The SMILES string of the molecule is CC(C)CNC(=O)c1ccccc1N1CCC(NC(=O)Nc2cccc(Cl)c2)CC1. The summed E-state index contributed by atoms with van der Waals surface area (Å²) < 4.78 is 0. The van der Waals surface area contributed by atoms with E-state index in [0.717, 1.165) is 31.6 Å². The Labute approximate surface area is 183 Å². The van der Waals surface area contributed by atoms with Gasteiger partial charge in [0.05, 0.1) is 5.56 Å². The highest BCUT2D eigenvalue weighted by atomic mass is 35.5. The summed E-state index contributed by atoms with van der Waals surface area (Å²) in [6.07, 6.45) is 1.62. The van der Waals surface area contributed by atoms with Crippen molar-refractivity contribution in [3.8, 4) is 0 Å². The minimum absolute atomic E-state index is 0.0413. The summed E-state index contributed by atoms with van der Waals surface area (Å²) in [7, 11) is 0. The minimum Gasteiger partial charge on any atom is -0.371 e. The number of urea groups is 1. The third-order valence-corrected chi connectivity index (χ3v) is 5.31. The monoisotopic (exact) mass is 428 g/mol. The topological polar surface area (TPSA) is 73.5 Å². The number of nitrogens with zero attached hydrogens (tertiary/aromatic N) is 1. The largest absolute Gasteiger partial charge is 0.371 e. The number of hydrogen-bond acceptors (Lipinski definition) is 3. The molecule has 7 heteroatoms. The molecule has 1 heterocycles. The molecule has 3 amide bonds. The van der Waals surface area contributed by atoms with Crippen LogP contribution in [-0.4, -0.2) is 37.6 Å². The van der Waals surface area contributed by atoms with Crippen LogP contribution in [0.3, 0.4) is 0 Å². The molecule has 160 valence electrons. The van der Waals surface area contributed by atoms with Crippen molar-refractivity contribution in [1.82, 2.24) is 10.6 Å². The van der Waals surface area contributed by atoms with Gasteiger partial charge in [-0.05, 0) is 49.1 Å². The highest BCUT2D eigenvalue weighted by Gasteiger charge is 2.23. The molecular weight excluding hydrogens is 400 g/mol. The van der Waals surface area contributed by atoms with E-state index in [-0.39, 0.29) is 18.0 Å². The third kappa shape index (κ3) is 6.13. The summed E-state index contributed by atoms with van der Waals surface area (Å²) in [6, 6.07) is 14.6. The highest BCUT2D eigenvalue weighted by molar-refractivity contribution is 6.30. The van der Waals surface area contributed by atoms with Gasteiger partial charge in [-0.3, -0.25) is 4.79 Å². The summed E-state index contributed by atoms with van der Waals surface area (Å²) >= 11 is 5.96. The zero-order chi connectivity index (χ0) is 21.5. The van der Waals surface area contributed by atoms with Gasteiger partial charge in [0.25, 0.3) is 5.91 Å². The molecule has 0 bridgehead atoms. The zero-order valence-electron chi connectivity index (χ0n) is 17.5. The number of benzene rings is 2. The van der Waals surface area contributed by atoms with E-state index in [0.29, 0.717) is 28.7 Å². The molecule has 0 unspecified atom stereocenters. The molecule has 0 spiro atoms. The van der Waals surface area contributed by atoms with Crippen LogP contribution in [0.2, 0.25) is 5.02 Å². The van der Waals surface area contributed by atoms with Gasteiger partial charge in [-0.1, -0.05) is 43.6 Å². The van der Waals surface area contributed by atoms with Crippen LogP contribution < -0.4 is 20.9 Å². The van der Waals surface area contributed by atoms with Gasteiger partial charge in [-0.2, -0.15) is 0 Å². The lowest BCUT2D eigenvalue weighted by Crippen LogP contribution is -2.46. The maximum atomic E-state index is 12.6. The molecule has 1 fully saturated rings. The molecule has 2 aromatic rings. The number of amides is 3. The maximum absolute atomic E-state index is 12.6. The number of carbonyl (C=O) groups is 2. The number of halogens is 1. The molecule has 0 atom stereocenters. The summed E-state index contributed by atoms with van der Waals surface area (Å²) in [4.78, 5) is 27.1. The van der Waals surface area contributed by atoms with Crippen molar-refractivity contribution >= 4 is 34.9 Å². The van der Waals surface area contributed by atoms with Gasteiger partial charge in [-0.15, -0.1) is 0 Å². The van der Waals surface area contributed by atoms with Gasteiger partial charge >= 0.3 is 6.03 Å². The molecule has 3 N–H and O–H groups in total. The Morgan fingerprint density at radius 2 is 1.83 bits per heavy atom. The first kappa shape index (κ1) is 22.0. The van der Waals surface area contributed by atoms with Crippen molar-refractivity contribution in [2.75, 3.05) is 29.9 Å². The van der Waals surface area contributed by atoms with Crippen LogP contribution in [0.25, 0.3) is 0 Å². The molecule has 1 aliphatic rings. The number of nitrogens with one attached hydrogen (secondary N) is 3. The first-order chi connectivity index (χ1) is 14.4. The minimum atomic E-state index is -0.232. The Morgan fingerprint density at radius 3 is 2.53 bits per heavy atom. The Morgan fingerprint density at radius 1 is 1.10 bits per heavy atom. The summed E-state index contributed by atoms with van der Waals surface area (Å²) in [6.45, 7) is 6.35. The van der Waals surface area contributed by atoms with E-state index >= 15 is 0 Å². The van der Waals surface area contributed by atoms with E-state index in [9.17, 15) is 9.59 Å². The summed E-state index contributed by atoms with van der Waals surface area (Å²) in [5.41, 5.74) is 2.31. The zero-order valence-corrected chi connectivity index (χ0v) is 18.2. The lowest BCUT2D eigenvalue weighted by Gasteiger charge is -2.34. The first-order valence-electron chi connectivity index (χ1n) is 10.4. The lowest BCUT2D eigenvalue weighted by molar-refractivity contribution is 0.0949. The van der Waals surface area contributed by atoms with Crippen molar-refractivity contribution in [3.63, 3.8) is 0 Å². The number of piperidine rings is 1. The van der Waals surface area contributed by atoms with E-state index in [4.69, 9.17) is 11.6 Å². The van der Waals surface area contributed by atoms with Crippen LogP contribution in [0.15, 0.2) is 48.5 Å². The number of anilines is 2. The second-order valence-corrected chi connectivity index (χ2v) is 8.43. The number of carbonyl (C=O) groups excluding carboxylic acids is 2. The Balaban J connectivity index is 1.54. The fraction of sp³-hybridized carbons (Fsp3) is 0.391. The van der Waals surface area contributed by atoms with Gasteiger partial charge in [0, 0.05) is 42.1 Å². The second-order valence-electron chi connectivity index (χ2n) is 7.99. The predicted octanol–water partition coefficient (Wildman–Crippen LogP) is 4.52. The van der Waals surface area contributed by atoms with Crippen molar-refractivity contribution in [2.45, 2.75) is 32.7 Å². The smallest absolute Gasteiger partial charge is 0.319 e. The van der Waals surface area contributed by atoms with Crippen LogP contribution >= 0.6 is 11.6 Å². The molecule has 30 heavy (non-hydrogen) atoms. The average Bonchev–Trinajstić information content (AvgIpc) is 2.72. The van der Waals surface area contributed by atoms with Crippen LogP contribution in [0.1, 0.15) is 37.0 Å². The fourth-order valence-corrected chi connectivity index (χ4v) is 3.71. The van der Waals surface area contributed by atoms with Crippen molar-refractivity contribution in [2.24, 2.45) is 5.92 Å². The summed E-state index contributed by atoms with van der Waals surface area (Å²) in [5.74, 6) is 0.362. The Kier molecular flexibility index (Phi) is 7.57. The third-order valence-electron chi connectivity index (χ3n) is 5.07. The van der Waals surface area contributed by atoms with Crippen LogP contribution in [0.5, 0.6) is 0 Å². The Hall–Kier alpha value is -2.73. The van der Waals surface area contributed by atoms with E-state index < -0.39 is 0 Å². The first-order valence-corrected chi connectivity index (χ1v) is 10.8. The molecule has 0 aliphatic carbocycles. The van der Waals surface area contributed by atoms with E-state index in [1.54, 1.807) is 24.3 Å². The van der Waals surface area contributed by atoms with E-state index in [2.05, 4.69) is 34.7 Å². The molecule has 0 aromatic heterocycles. The molecule has 0 radical (unpaired) electrons. The molecule has 3 rings (SSSR count). The molecule has 2 aromatic carbocycles. The van der Waals surface area contributed by atoms with Crippen molar-refractivity contribution in [1.29, 1.82) is 0 Å². The van der Waals surface area contributed by atoms with Gasteiger partial charge in [0.15, 0.2) is 0 Å². The van der Waals surface area contributed by atoms with E-state index in [1.807, 2.05) is 24.3 Å². The van der Waals surface area contributed by atoms with Gasteiger partial charge in [-0.25, -0.2) is 4.79 Å². The quantitative estimate of drug-likeness (QED) is 0.633. The molecule has 1 saturated heterocycles. The van der Waals surface area contributed by atoms with Gasteiger partial charge in [0.2, 0.25) is 0 Å². The molecular formula is C23H29ClN4O2. The predicted molar refractivity (Wildman–Crippen MR) is 122 cm³/mol. The average molecular weight is 429 g/mol. The van der Waals surface area contributed by atoms with Crippen molar-refractivity contribution in [3.05, 3.63) is 59.1 Å². The Bertz CT molecular complexity index is 879. The molecule has 0 saturated carbocycles. The number of hydrogen-bond donors (Lipinski definition) is 3. The van der Waals surface area contributed by atoms with Crippen LogP contribution in [0.4, 0.5) is 16.2 Å². The normalized spacial score (nSPS) is 14.5. The molecule has 1 aliphatic heterocycles. The van der Waals surface area contributed by atoms with Gasteiger partial charge in [0.1, 0.15) is 0 Å². The molecule has 6 nitrogen and oxygen atoms in total. The van der Waals surface area contributed by atoms with Gasteiger partial charge < -0.3 is 20.9 Å². The number of rotatable bonds is 6. The van der Waals surface area contributed by atoms with E-state index in [1.165, 1.54) is 0 Å². The van der Waals surface area contributed by atoms with Crippen LogP contribution in [-0.2, 0) is 0 Å². The maximum Gasteiger partial charge on any atom is 0.319 e. The van der Waals surface area contributed by atoms with Crippen molar-refractivity contribution < 1.29 is 9.59 Å². The number of para-hydroxylation sites is 1. The fourth-order valence-electron chi connectivity index (χ4n) is 3.52. The van der Waals surface area contributed by atoms with Crippen LogP contribution in [0, 0.1) is 5.92 Å². The lowest BCUT2D eigenvalue weighted by atomic mass is 10.0.